The van der Waals surface area contributed by atoms with Crippen LogP contribution < -0.4 is 5.90 Å². The molecule has 0 atom stereocenters. The molecule has 10 heteroatoms. The topological polar surface area (TPSA) is 117 Å². The highest BCUT2D eigenvalue weighted by molar-refractivity contribution is 6.31. The lowest BCUT2D eigenvalue weighted by Gasteiger charge is -2.00. The Morgan fingerprint density at radius 2 is 2.23 bits per heavy atom. The first-order valence-electron chi connectivity index (χ1n) is 7.75. The first kappa shape index (κ1) is 16.3. The maximum Gasteiger partial charge on any atom is 0.326 e. The van der Waals surface area contributed by atoms with E-state index >= 15 is 0 Å². The van der Waals surface area contributed by atoms with E-state index in [1.54, 1.807) is 17.1 Å². The first-order chi connectivity index (χ1) is 12.7. The number of rotatable bonds is 5. The number of nitrogens with one attached hydrogen (secondary N) is 1. The van der Waals surface area contributed by atoms with Crippen molar-refractivity contribution in [2.45, 2.75) is 13.0 Å². The van der Waals surface area contributed by atoms with Gasteiger partial charge in [0.2, 0.25) is 0 Å². The molecule has 0 amide bonds. The number of carbonyl (C=O) groups excluding carboxylic acids is 1. The van der Waals surface area contributed by atoms with Crippen LogP contribution in [-0.4, -0.2) is 35.7 Å². The zero-order valence-electron chi connectivity index (χ0n) is 13.5. The second-order valence-electron chi connectivity index (χ2n) is 5.64. The molecule has 0 aliphatic rings. The van der Waals surface area contributed by atoms with Crippen molar-refractivity contribution in [2.24, 2.45) is 5.90 Å². The third-order valence-corrected chi connectivity index (χ3v) is 4.26. The summed E-state index contributed by atoms with van der Waals surface area (Å²) in [6, 6.07) is 5.66. The van der Waals surface area contributed by atoms with Gasteiger partial charge in [0.15, 0.2) is 5.82 Å². The number of halogens is 1. The van der Waals surface area contributed by atoms with E-state index < -0.39 is 5.97 Å². The van der Waals surface area contributed by atoms with Gasteiger partial charge in [-0.2, -0.15) is 11.0 Å². The second kappa shape index (κ2) is 6.62. The summed E-state index contributed by atoms with van der Waals surface area (Å²) in [5.41, 5.74) is 2.84. The number of aromatic nitrogens is 6. The van der Waals surface area contributed by atoms with Gasteiger partial charge >= 0.3 is 5.97 Å². The van der Waals surface area contributed by atoms with Crippen LogP contribution in [-0.2, 0) is 16.2 Å². The van der Waals surface area contributed by atoms with Gasteiger partial charge < -0.3 is 4.84 Å². The van der Waals surface area contributed by atoms with Crippen LogP contribution in [0.5, 0.6) is 0 Å². The van der Waals surface area contributed by atoms with Crippen molar-refractivity contribution in [2.75, 3.05) is 0 Å². The van der Waals surface area contributed by atoms with Crippen LogP contribution in [0.2, 0.25) is 5.02 Å². The van der Waals surface area contributed by atoms with E-state index in [0.29, 0.717) is 17.4 Å². The summed E-state index contributed by atoms with van der Waals surface area (Å²) >= 11 is 6.18. The van der Waals surface area contributed by atoms with Gasteiger partial charge in [-0.3, -0.25) is 14.5 Å². The molecule has 3 heterocycles. The normalized spacial score (nSPS) is 11.2. The number of carbonyl (C=O) groups is 1. The number of aryl methyl sites for hydroxylation is 1. The van der Waals surface area contributed by atoms with Gasteiger partial charge in [0, 0.05) is 33.9 Å². The molecule has 26 heavy (non-hydrogen) atoms. The second-order valence-corrected chi connectivity index (χ2v) is 6.08. The molecule has 0 unspecified atom stereocenters. The molecule has 1 aromatic carbocycles. The van der Waals surface area contributed by atoms with Gasteiger partial charge in [0.05, 0.1) is 30.9 Å². The Hall–Kier alpha value is -3.17. The van der Waals surface area contributed by atoms with Crippen molar-refractivity contribution in [1.82, 2.24) is 29.8 Å². The Morgan fingerprint density at radius 1 is 1.35 bits per heavy atom. The number of nitrogens with two attached hydrogens (primary N) is 1. The average Bonchev–Trinajstić information content (AvgIpc) is 3.38. The number of fused-ring (bicyclic) bond motifs is 1. The minimum atomic E-state index is -0.512. The van der Waals surface area contributed by atoms with Gasteiger partial charge in [-0.05, 0) is 12.1 Å². The van der Waals surface area contributed by atoms with E-state index in [0.717, 1.165) is 22.0 Å². The highest BCUT2D eigenvalue weighted by atomic mass is 35.5. The van der Waals surface area contributed by atoms with E-state index in [9.17, 15) is 4.79 Å². The van der Waals surface area contributed by atoms with Crippen LogP contribution >= 0.6 is 11.6 Å². The smallest absolute Gasteiger partial charge is 0.326 e. The first-order valence-corrected chi connectivity index (χ1v) is 8.13. The number of nitrogens with zero attached hydrogens (tertiary/aromatic N) is 5. The Morgan fingerprint density at radius 3 is 3.00 bits per heavy atom. The summed E-state index contributed by atoms with van der Waals surface area (Å²) in [5.74, 6) is 4.93. The molecule has 0 bridgehead atoms. The molecule has 0 spiro atoms. The number of hydrogen-bond donors (Lipinski definition) is 2. The SMILES string of the molecule is NOC(=O)CCn1cc(-n2cc(-c3cn[nH]c3)c3ccc(Cl)cc32)nn1. The lowest BCUT2D eigenvalue weighted by Crippen LogP contribution is -2.13. The van der Waals surface area contributed by atoms with Crippen LogP contribution in [0.25, 0.3) is 27.8 Å². The molecule has 0 aliphatic carbocycles. The van der Waals surface area contributed by atoms with Crippen molar-refractivity contribution >= 4 is 28.5 Å². The third kappa shape index (κ3) is 2.93. The quantitative estimate of drug-likeness (QED) is 0.519. The van der Waals surface area contributed by atoms with Gasteiger partial charge in [-0.15, -0.1) is 5.10 Å². The fourth-order valence-electron chi connectivity index (χ4n) is 2.79. The van der Waals surface area contributed by atoms with Crippen LogP contribution in [0.15, 0.2) is 43.0 Å². The van der Waals surface area contributed by atoms with Crippen molar-refractivity contribution in [1.29, 1.82) is 0 Å². The van der Waals surface area contributed by atoms with Crippen molar-refractivity contribution in [3.63, 3.8) is 0 Å². The molecule has 0 radical (unpaired) electrons. The molecule has 132 valence electrons. The Balaban J connectivity index is 1.76. The Labute approximate surface area is 152 Å². The van der Waals surface area contributed by atoms with E-state index in [2.05, 4.69) is 25.3 Å². The molecular formula is C16H14ClN7O2. The summed E-state index contributed by atoms with van der Waals surface area (Å²) in [4.78, 5) is 15.3. The Bertz CT molecular complexity index is 1070. The van der Waals surface area contributed by atoms with Gasteiger partial charge in [0.25, 0.3) is 0 Å². The molecule has 3 N–H and O–H groups in total. The molecule has 9 nitrogen and oxygen atoms in total. The number of hydrogen-bond acceptors (Lipinski definition) is 6. The fourth-order valence-corrected chi connectivity index (χ4v) is 2.96. The fraction of sp³-hybridized carbons (Fsp3) is 0.125. The molecule has 4 aromatic rings. The zero-order chi connectivity index (χ0) is 18.1. The maximum atomic E-state index is 11.2. The minimum Gasteiger partial charge on any atom is -0.373 e. The molecule has 0 fully saturated rings. The molecule has 0 saturated carbocycles. The third-order valence-electron chi connectivity index (χ3n) is 4.03. The van der Waals surface area contributed by atoms with Crippen molar-refractivity contribution in [3.05, 3.63) is 48.0 Å². The Kier molecular flexibility index (Phi) is 4.15. The summed E-state index contributed by atoms with van der Waals surface area (Å²) in [7, 11) is 0. The highest BCUT2D eigenvalue weighted by Gasteiger charge is 2.15. The van der Waals surface area contributed by atoms with Crippen LogP contribution in [0.4, 0.5) is 0 Å². The van der Waals surface area contributed by atoms with E-state index in [4.69, 9.17) is 17.5 Å². The average molecular weight is 372 g/mol. The summed E-state index contributed by atoms with van der Waals surface area (Å²) < 4.78 is 3.45. The lowest BCUT2D eigenvalue weighted by atomic mass is 10.1. The zero-order valence-corrected chi connectivity index (χ0v) is 14.2. The van der Waals surface area contributed by atoms with Crippen molar-refractivity contribution in [3.8, 4) is 16.9 Å². The van der Waals surface area contributed by atoms with E-state index in [1.165, 1.54) is 0 Å². The molecular weight excluding hydrogens is 358 g/mol. The maximum absolute atomic E-state index is 11.2. The van der Waals surface area contributed by atoms with Gasteiger partial charge in [-0.1, -0.05) is 22.9 Å². The molecule has 0 aliphatic heterocycles. The van der Waals surface area contributed by atoms with Gasteiger partial charge in [0.1, 0.15) is 0 Å². The number of benzene rings is 1. The van der Waals surface area contributed by atoms with Crippen LogP contribution in [0.1, 0.15) is 6.42 Å². The van der Waals surface area contributed by atoms with Gasteiger partial charge in [-0.25, -0.2) is 4.68 Å². The summed E-state index contributed by atoms with van der Waals surface area (Å²) in [6.45, 7) is 0.317. The van der Waals surface area contributed by atoms with E-state index in [1.807, 2.05) is 35.2 Å². The number of H-pyrrole nitrogens is 1. The monoisotopic (exact) mass is 371 g/mol. The van der Waals surface area contributed by atoms with Crippen LogP contribution in [0, 0.1) is 0 Å². The predicted octanol–water partition coefficient (Wildman–Crippen LogP) is 2.07. The van der Waals surface area contributed by atoms with Crippen LogP contribution in [0.3, 0.4) is 0 Å². The van der Waals surface area contributed by atoms with Crippen molar-refractivity contribution < 1.29 is 9.63 Å². The van der Waals surface area contributed by atoms with E-state index in [-0.39, 0.29) is 6.42 Å². The largest absolute Gasteiger partial charge is 0.373 e. The number of aromatic amines is 1. The predicted molar refractivity (Wildman–Crippen MR) is 94.3 cm³/mol. The standard InChI is InChI=1S/C16H14ClN7O2/c17-11-1-2-12-13(10-6-19-20-7-10)8-24(14(12)5-11)15-9-23(22-21-15)4-3-16(25)26-18/h1-2,5-9H,3-4,18H2,(H,19,20). The minimum absolute atomic E-state index is 0.109. The molecule has 3 aromatic heterocycles. The lowest BCUT2D eigenvalue weighted by molar-refractivity contribution is -0.144. The highest BCUT2D eigenvalue weighted by Crippen LogP contribution is 2.33. The summed E-state index contributed by atoms with van der Waals surface area (Å²) in [5, 5.41) is 16.7. The summed E-state index contributed by atoms with van der Waals surface area (Å²) in [6.07, 6.45) is 7.38. The molecule has 0 saturated heterocycles. The molecule has 4 rings (SSSR count).